The standard InChI is InChI=1S/C16H15Cl2IN2O2/c1-2-23-15-7-10(6-14(19)16(15)22)8-20-21-9-11-12(17)4-3-5-13(11)18/h3-8,21-22H,2,9H2,1H3/b20-8+. The molecule has 0 saturated heterocycles. The van der Waals surface area contributed by atoms with Gasteiger partial charge >= 0.3 is 0 Å². The van der Waals surface area contributed by atoms with Crippen LogP contribution < -0.4 is 10.2 Å². The van der Waals surface area contributed by atoms with Crippen LogP contribution in [0.4, 0.5) is 0 Å². The first kappa shape index (κ1) is 18.2. The van der Waals surface area contributed by atoms with E-state index in [0.29, 0.717) is 32.5 Å². The molecule has 2 N–H and O–H groups in total. The molecule has 122 valence electrons. The monoisotopic (exact) mass is 464 g/mol. The quantitative estimate of drug-likeness (QED) is 0.366. The van der Waals surface area contributed by atoms with Gasteiger partial charge in [0.15, 0.2) is 11.5 Å². The summed E-state index contributed by atoms with van der Waals surface area (Å²) in [5.74, 6) is 0.579. The third kappa shape index (κ3) is 4.89. The number of aromatic hydroxyl groups is 1. The smallest absolute Gasteiger partial charge is 0.171 e. The van der Waals surface area contributed by atoms with E-state index in [-0.39, 0.29) is 5.75 Å². The van der Waals surface area contributed by atoms with Gasteiger partial charge in [-0.15, -0.1) is 0 Å². The van der Waals surface area contributed by atoms with Gasteiger partial charge in [0.1, 0.15) is 0 Å². The fourth-order valence-corrected chi connectivity index (χ4v) is 3.04. The maximum absolute atomic E-state index is 9.91. The molecule has 23 heavy (non-hydrogen) atoms. The van der Waals surface area contributed by atoms with E-state index in [0.717, 1.165) is 11.1 Å². The summed E-state index contributed by atoms with van der Waals surface area (Å²) >= 11 is 14.2. The number of benzene rings is 2. The first-order valence-corrected chi connectivity index (χ1v) is 8.70. The fraction of sp³-hybridized carbons (Fsp3) is 0.188. The molecule has 7 heteroatoms. The zero-order valence-electron chi connectivity index (χ0n) is 12.3. The van der Waals surface area contributed by atoms with Gasteiger partial charge in [0.25, 0.3) is 0 Å². The van der Waals surface area contributed by atoms with Crippen LogP contribution in [-0.2, 0) is 6.54 Å². The largest absolute Gasteiger partial charge is 0.504 e. The Morgan fingerprint density at radius 3 is 2.65 bits per heavy atom. The number of nitrogens with zero attached hydrogens (tertiary/aromatic N) is 1. The number of halogens is 3. The van der Waals surface area contributed by atoms with Gasteiger partial charge in [0.05, 0.1) is 22.9 Å². The Kier molecular flexibility index (Phi) is 6.80. The molecule has 0 aromatic heterocycles. The molecule has 2 aromatic carbocycles. The molecule has 0 saturated carbocycles. The Hall–Kier alpha value is -1.18. The van der Waals surface area contributed by atoms with E-state index in [2.05, 4.69) is 10.5 Å². The Morgan fingerprint density at radius 2 is 2.00 bits per heavy atom. The van der Waals surface area contributed by atoms with Gasteiger partial charge < -0.3 is 15.3 Å². The van der Waals surface area contributed by atoms with Crippen molar-refractivity contribution in [3.8, 4) is 11.5 Å². The number of phenols is 1. The van der Waals surface area contributed by atoms with Crippen molar-refractivity contribution in [1.29, 1.82) is 0 Å². The van der Waals surface area contributed by atoms with Crippen LogP contribution in [0, 0.1) is 3.57 Å². The van der Waals surface area contributed by atoms with Gasteiger partial charge in [0.2, 0.25) is 0 Å². The molecular weight excluding hydrogens is 450 g/mol. The highest BCUT2D eigenvalue weighted by Gasteiger charge is 2.08. The first-order valence-electron chi connectivity index (χ1n) is 6.87. The molecule has 0 atom stereocenters. The summed E-state index contributed by atoms with van der Waals surface area (Å²) in [6.07, 6.45) is 1.65. The molecule has 0 radical (unpaired) electrons. The average molecular weight is 465 g/mol. The Balaban J connectivity index is 2.06. The number of nitrogens with one attached hydrogen (secondary N) is 1. The van der Waals surface area contributed by atoms with Crippen LogP contribution in [0.15, 0.2) is 35.4 Å². The van der Waals surface area contributed by atoms with Crippen molar-refractivity contribution in [2.75, 3.05) is 6.61 Å². The van der Waals surface area contributed by atoms with Crippen LogP contribution in [0.2, 0.25) is 10.0 Å². The van der Waals surface area contributed by atoms with E-state index in [4.69, 9.17) is 27.9 Å². The Bertz CT molecular complexity index is 703. The molecule has 2 rings (SSSR count). The van der Waals surface area contributed by atoms with Crippen molar-refractivity contribution in [3.05, 3.63) is 55.1 Å². The number of hydrogen-bond donors (Lipinski definition) is 2. The van der Waals surface area contributed by atoms with E-state index in [1.807, 2.05) is 35.6 Å². The maximum atomic E-state index is 9.91. The number of hydrogen-bond acceptors (Lipinski definition) is 4. The van der Waals surface area contributed by atoms with Crippen LogP contribution in [0.25, 0.3) is 0 Å². The van der Waals surface area contributed by atoms with E-state index < -0.39 is 0 Å². The van der Waals surface area contributed by atoms with Crippen LogP contribution >= 0.6 is 45.8 Å². The molecule has 0 bridgehead atoms. The lowest BCUT2D eigenvalue weighted by Gasteiger charge is -2.09. The number of phenolic OH excluding ortho intramolecular Hbond substituents is 1. The molecule has 4 nitrogen and oxygen atoms in total. The summed E-state index contributed by atoms with van der Waals surface area (Å²) in [5, 5.41) is 15.3. The highest BCUT2D eigenvalue weighted by atomic mass is 127. The molecule has 0 unspecified atom stereocenters. The number of ether oxygens (including phenoxy) is 1. The van der Waals surface area contributed by atoms with Crippen LogP contribution in [0.3, 0.4) is 0 Å². The van der Waals surface area contributed by atoms with Crippen molar-refractivity contribution >= 4 is 52.0 Å². The summed E-state index contributed by atoms with van der Waals surface area (Å²) in [4.78, 5) is 0. The molecule has 0 aliphatic carbocycles. The maximum Gasteiger partial charge on any atom is 0.171 e. The molecule has 0 aliphatic heterocycles. The molecule has 0 fully saturated rings. The van der Waals surface area contributed by atoms with Gasteiger partial charge in [-0.05, 0) is 59.3 Å². The summed E-state index contributed by atoms with van der Waals surface area (Å²) in [7, 11) is 0. The third-order valence-electron chi connectivity index (χ3n) is 2.97. The minimum atomic E-state index is 0.139. The van der Waals surface area contributed by atoms with Crippen LogP contribution in [0.5, 0.6) is 11.5 Å². The summed E-state index contributed by atoms with van der Waals surface area (Å²) in [5.41, 5.74) is 4.52. The highest BCUT2D eigenvalue weighted by Crippen LogP contribution is 2.32. The van der Waals surface area contributed by atoms with Crippen LogP contribution in [-0.4, -0.2) is 17.9 Å². The average Bonchev–Trinajstić information content (AvgIpc) is 2.51. The van der Waals surface area contributed by atoms with E-state index in [1.165, 1.54) is 0 Å². The van der Waals surface area contributed by atoms with Crippen molar-refractivity contribution in [2.45, 2.75) is 13.5 Å². The lowest BCUT2D eigenvalue weighted by molar-refractivity contribution is 0.317. The number of hydrazone groups is 1. The molecular formula is C16H15Cl2IN2O2. The van der Waals surface area contributed by atoms with E-state index in [9.17, 15) is 5.11 Å². The zero-order chi connectivity index (χ0) is 16.8. The summed E-state index contributed by atoms with van der Waals surface area (Å²) in [6.45, 7) is 2.76. The molecule has 0 heterocycles. The SMILES string of the molecule is CCOc1cc(/C=N/NCc2c(Cl)cccc2Cl)cc(I)c1O. The zero-order valence-corrected chi connectivity index (χ0v) is 16.0. The molecule has 0 spiro atoms. The van der Waals surface area contributed by atoms with Gasteiger partial charge in [-0.25, -0.2) is 0 Å². The number of rotatable bonds is 6. The van der Waals surface area contributed by atoms with E-state index in [1.54, 1.807) is 30.5 Å². The minimum Gasteiger partial charge on any atom is -0.504 e. The Morgan fingerprint density at radius 1 is 1.30 bits per heavy atom. The normalized spacial score (nSPS) is 11.0. The second-order valence-electron chi connectivity index (χ2n) is 4.58. The Labute approximate surface area is 158 Å². The van der Waals surface area contributed by atoms with Crippen molar-refractivity contribution in [3.63, 3.8) is 0 Å². The molecule has 0 aliphatic rings. The second kappa shape index (κ2) is 8.61. The van der Waals surface area contributed by atoms with Crippen molar-refractivity contribution in [1.82, 2.24) is 5.43 Å². The van der Waals surface area contributed by atoms with Crippen molar-refractivity contribution < 1.29 is 9.84 Å². The highest BCUT2D eigenvalue weighted by molar-refractivity contribution is 14.1. The molecule has 2 aromatic rings. The van der Waals surface area contributed by atoms with Gasteiger partial charge in [0, 0.05) is 15.6 Å². The first-order chi connectivity index (χ1) is 11.0. The summed E-state index contributed by atoms with van der Waals surface area (Å²) < 4.78 is 6.09. The lowest BCUT2D eigenvalue weighted by atomic mass is 10.2. The van der Waals surface area contributed by atoms with Gasteiger partial charge in [-0.1, -0.05) is 29.3 Å². The van der Waals surface area contributed by atoms with Gasteiger partial charge in [-0.3, -0.25) is 0 Å². The van der Waals surface area contributed by atoms with E-state index >= 15 is 0 Å². The van der Waals surface area contributed by atoms with Crippen LogP contribution in [0.1, 0.15) is 18.1 Å². The van der Waals surface area contributed by atoms with Gasteiger partial charge in [-0.2, -0.15) is 5.10 Å². The lowest BCUT2D eigenvalue weighted by Crippen LogP contribution is -2.06. The topological polar surface area (TPSA) is 53.8 Å². The molecule has 0 amide bonds. The predicted molar refractivity (Wildman–Crippen MR) is 103 cm³/mol. The fourth-order valence-electron chi connectivity index (χ4n) is 1.88. The second-order valence-corrected chi connectivity index (χ2v) is 6.55. The summed E-state index contributed by atoms with van der Waals surface area (Å²) in [6, 6.07) is 8.90. The third-order valence-corrected chi connectivity index (χ3v) is 4.50. The minimum absolute atomic E-state index is 0.139. The predicted octanol–water partition coefficient (Wildman–Crippen LogP) is 4.83. The van der Waals surface area contributed by atoms with Crippen molar-refractivity contribution in [2.24, 2.45) is 5.10 Å².